The number of likely N-dealkylation sites (tertiary alicyclic amines) is 1. The highest BCUT2D eigenvalue weighted by molar-refractivity contribution is 6.03. The molecule has 0 radical (unpaired) electrons. The Morgan fingerprint density at radius 3 is 2.63 bits per heavy atom. The third-order valence-corrected chi connectivity index (χ3v) is 6.37. The van der Waals surface area contributed by atoms with Crippen LogP contribution in [0.25, 0.3) is 0 Å². The van der Waals surface area contributed by atoms with Gasteiger partial charge in [0.25, 0.3) is 0 Å². The fourth-order valence-corrected chi connectivity index (χ4v) is 4.62. The Labute approximate surface area is 178 Å². The predicted molar refractivity (Wildman–Crippen MR) is 121 cm³/mol. The first-order chi connectivity index (χ1) is 14.4. The second-order valence-electron chi connectivity index (χ2n) is 8.91. The number of fused-ring (bicyclic) bond motifs is 2. The minimum Gasteiger partial charge on any atom is -0.307 e. The van der Waals surface area contributed by atoms with Gasteiger partial charge in [0, 0.05) is 29.9 Å². The van der Waals surface area contributed by atoms with Gasteiger partial charge >= 0.3 is 6.03 Å². The molecule has 1 fully saturated rings. The molecule has 2 heterocycles. The summed E-state index contributed by atoms with van der Waals surface area (Å²) in [4.78, 5) is 17.4. The molecule has 2 aliphatic heterocycles. The molecule has 0 aromatic heterocycles. The van der Waals surface area contributed by atoms with Crippen molar-refractivity contribution < 1.29 is 9.18 Å². The standard InChI is InChI=1S/C25H30FN3O/c1-18(2)9-12-28-13-10-25(11-14-28)17-29(23-8-7-19(3)15-22(23)25)24(30)27-21-6-4-5-20(26)16-21/h4-9,15-16H,10-14,17H2,1-3H3,(H,27,30). The Morgan fingerprint density at radius 1 is 1.17 bits per heavy atom. The highest BCUT2D eigenvalue weighted by atomic mass is 19.1. The van der Waals surface area contributed by atoms with Crippen LogP contribution in [0.4, 0.5) is 20.6 Å². The first-order valence-electron chi connectivity index (χ1n) is 10.7. The van der Waals surface area contributed by atoms with Crippen LogP contribution in [0, 0.1) is 12.7 Å². The van der Waals surface area contributed by atoms with Crippen molar-refractivity contribution in [3.63, 3.8) is 0 Å². The monoisotopic (exact) mass is 407 g/mol. The second kappa shape index (κ2) is 8.23. The van der Waals surface area contributed by atoms with Gasteiger partial charge in [-0.25, -0.2) is 9.18 Å². The topological polar surface area (TPSA) is 35.6 Å². The Bertz CT molecular complexity index is 972. The number of nitrogens with zero attached hydrogens (tertiary/aromatic N) is 2. The zero-order chi connectivity index (χ0) is 21.3. The number of hydrogen-bond acceptors (Lipinski definition) is 2. The van der Waals surface area contributed by atoms with Crippen molar-refractivity contribution in [3.8, 4) is 0 Å². The van der Waals surface area contributed by atoms with Gasteiger partial charge in [-0.3, -0.25) is 9.80 Å². The molecule has 4 rings (SSSR count). The van der Waals surface area contributed by atoms with Crippen molar-refractivity contribution in [1.82, 2.24) is 4.90 Å². The van der Waals surface area contributed by atoms with E-state index in [0.717, 1.165) is 38.2 Å². The second-order valence-corrected chi connectivity index (χ2v) is 8.91. The van der Waals surface area contributed by atoms with E-state index in [1.807, 2.05) is 4.90 Å². The van der Waals surface area contributed by atoms with Crippen molar-refractivity contribution >= 4 is 17.4 Å². The van der Waals surface area contributed by atoms with Gasteiger partial charge in [0.1, 0.15) is 5.82 Å². The number of nitrogens with one attached hydrogen (secondary N) is 1. The number of halogens is 1. The van der Waals surface area contributed by atoms with Crippen LogP contribution in [0.5, 0.6) is 0 Å². The Morgan fingerprint density at radius 2 is 1.93 bits per heavy atom. The third-order valence-electron chi connectivity index (χ3n) is 6.37. The summed E-state index contributed by atoms with van der Waals surface area (Å²) in [6.45, 7) is 10.1. The first-order valence-corrected chi connectivity index (χ1v) is 10.7. The molecule has 1 N–H and O–H groups in total. The fourth-order valence-electron chi connectivity index (χ4n) is 4.62. The summed E-state index contributed by atoms with van der Waals surface area (Å²) < 4.78 is 13.5. The molecule has 2 aliphatic rings. The third kappa shape index (κ3) is 4.12. The van der Waals surface area contributed by atoms with Crippen LogP contribution in [-0.4, -0.2) is 37.1 Å². The number of hydrogen-bond donors (Lipinski definition) is 1. The van der Waals surface area contributed by atoms with E-state index in [1.54, 1.807) is 12.1 Å². The van der Waals surface area contributed by atoms with Gasteiger partial charge in [-0.2, -0.15) is 0 Å². The lowest BCUT2D eigenvalue weighted by molar-refractivity contribution is 0.180. The van der Waals surface area contributed by atoms with E-state index < -0.39 is 0 Å². The molecule has 5 heteroatoms. The average molecular weight is 408 g/mol. The zero-order valence-corrected chi connectivity index (χ0v) is 18.0. The minimum atomic E-state index is -0.356. The minimum absolute atomic E-state index is 0.0118. The van der Waals surface area contributed by atoms with Crippen molar-refractivity contribution in [2.75, 3.05) is 36.4 Å². The SMILES string of the molecule is CC(C)=CCN1CCC2(CC1)CN(C(=O)Nc1cccc(F)c1)c1ccc(C)cc12. The molecule has 2 aromatic carbocycles. The molecular weight excluding hydrogens is 377 g/mol. The molecule has 2 amide bonds. The number of allylic oxidation sites excluding steroid dienone is 1. The highest BCUT2D eigenvalue weighted by Crippen LogP contribution is 2.47. The lowest BCUT2D eigenvalue weighted by atomic mass is 9.74. The summed E-state index contributed by atoms with van der Waals surface area (Å²) in [5.74, 6) is -0.356. The summed E-state index contributed by atoms with van der Waals surface area (Å²) in [5.41, 5.74) is 5.28. The lowest BCUT2D eigenvalue weighted by Crippen LogP contribution is -2.46. The van der Waals surface area contributed by atoms with Crippen LogP contribution in [-0.2, 0) is 5.41 Å². The summed E-state index contributed by atoms with van der Waals surface area (Å²) >= 11 is 0. The molecule has 0 atom stereocenters. The lowest BCUT2D eigenvalue weighted by Gasteiger charge is -2.39. The summed E-state index contributed by atoms with van der Waals surface area (Å²) in [6, 6.07) is 12.2. The summed E-state index contributed by atoms with van der Waals surface area (Å²) in [6.07, 6.45) is 4.34. The number of anilines is 2. The van der Waals surface area contributed by atoms with Crippen LogP contribution < -0.4 is 10.2 Å². The van der Waals surface area contributed by atoms with Gasteiger partial charge in [-0.1, -0.05) is 35.4 Å². The molecule has 2 aromatic rings. The maximum absolute atomic E-state index is 13.5. The van der Waals surface area contributed by atoms with Crippen molar-refractivity contribution in [2.45, 2.75) is 39.0 Å². The summed E-state index contributed by atoms with van der Waals surface area (Å²) in [5, 5.41) is 2.87. The number of aryl methyl sites for hydroxylation is 1. The quantitative estimate of drug-likeness (QED) is 0.683. The Hall–Kier alpha value is -2.66. The van der Waals surface area contributed by atoms with Gasteiger partial charge in [-0.05, 0) is 76.5 Å². The van der Waals surface area contributed by atoms with Gasteiger partial charge in [0.2, 0.25) is 0 Å². The van der Waals surface area contributed by atoms with E-state index in [-0.39, 0.29) is 17.3 Å². The largest absolute Gasteiger partial charge is 0.326 e. The number of carbonyl (C=O) groups excluding carboxylic acids is 1. The van der Waals surface area contributed by atoms with Gasteiger partial charge in [-0.15, -0.1) is 0 Å². The van der Waals surface area contributed by atoms with E-state index in [4.69, 9.17) is 0 Å². The Balaban J connectivity index is 1.56. The highest BCUT2D eigenvalue weighted by Gasteiger charge is 2.46. The Kier molecular flexibility index (Phi) is 5.65. The normalized spacial score (nSPS) is 17.7. The maximum Gasteiger partial charge on any atom is 0.326 e. The van der Waals surface area contributed by atoms with E-state index >= 15 is 0 Å². The molecule has 0 saturated carbocycles. The molecular formula is C25H30FN3O. The van der Waals surface area contributed by atoms with Gasteiger partial charge in [0.05, 0.1) is 0 Å². The molecule has 0 unspecified atom stereocenters. The number of benzene rings is 2. The van der Waals surface area contributed by atoms with Crippen molar-refractivity contribution in [1.29, 1.82) is 0 Å². The van der Waals surface area contributed by atoms with Crippen LogP contribution in [0.15, 0.2) is 54.1 Å². The van der Waals surface area contributed by atoms with Gasteiger partial charge < -0.3 is 5.32 Å². The molecule has 158 valence electrons. The van der Waals surface area contributed by atoms with Crippen LogP contribution in [0.2, 0.25) is 0 Å². The number of carbonyl (C=O) groups is 1. The number of piperidine rings is 1. The molecule has 0 aliphatic carbocycles. The molecule has 1 spiro atoms. The van der Waals surface area contributed by atoms with Crippen LogP contribution in [0.1, 0.15) is 37.8 Å². The van der Waals surface area contributed by atoms with E-state index in [2.05, 4.69) is 55.3 Å². The molecule has 1 saturated heterocycles. The van der Waals surface area contributed by atoms with Crippen LogP contribution in [0.3, 0.4) is 0 Å². The smallest absolute Gasteiger partial charge is 0.307 e. The molecule has 0 bridgehead atoms. The van der Waals surface area contributed by atoms with Crippen LogP contribution >= 0.6 is 0 Å². The van der Waals surface area contributed by atoms with Crippen molar-refractivity contribution in [3.05, 3.63) is 71.1 Å². The average Bonchev–Trinajstić information content (AvgIpc) is 3.01. The molecule has 4 nitrogen and oxygen atoms in total. The number of amides is 2. The number of rotatable bonds is 3. The van der Waals surface area contributed by atoms with Crippen molar-refractivity contribution in [2.24, 2.45) is 0 Å². The fraction of sp³-hybridized carbons (Fsp3) is 0.400. The van der Waals surface area contributed by atoms with E-state index in [1.165, 1.54) is 28.8 Å². The maximum atomic E-state index is 13.5. The predicted octanol–water partition coefficient (Wildman–Crippen LogP) is 5.49. The molecule has 30 heavy (non-hydrogen) atoms. The zero-order valence-electron chi connectivity index (χ0n) is 18.0. The summed E-state index contributed by atoms with van der Waals surface area (Å²) in [7, 11) is 0. The number of urea groups is 1. The first kappa shape index (κ1) is 20.6. The van der Waals surface area contributed by atoms with E-state index in [9.17, 15) is 9.18 Å². The van der Waals surface area contributed by atoms with E-state index in [0.29, 0.717) is 12.2 Å². The van der Waals surface area contributed by atoms with Gasteiger partial charge in [0.15, 0.2) is 0 Å².